The number of carbonyl (C=O) groups excluding carboxylic acids is 1. The molecule has 1 aliphatic rings. The number of hydrogen-bond donors (Lipinski definition) is 3. The van der Waals surface area contributed by atoms with Gasteiger partial charge in [-0.25, -0.2) is 4.79 Å². The monoisotopic (exact) mass is 312 g/mol. The molecule has 0 bridgehead atoms. The Bertz CT molecular complexity index is 492. The fourth-order valence-corrected chi connectivity index (χ4v) is 1.95. The van der Waals surface area contributed by atoms with E-state index in [4.69, 9.17) is 16.3 Å². The standard InChI is InChI=1S/C15H21ClN2O3/c1-10-2-5-12(6-14(10)16)18-15(20)17-7-13(19)9-21-8-11-3-4-11/h2,5-6,11,13,19H,3-4,7-9H2,1H3,(H2,17,18,20). The van der Waals surface area contributed by atoms with Crippen LogP contribution in [-0.4, -0.2) is 37.0 Å². The molecule has 21 heavy (non-hydrogen) atoms. The summed E-state index contributed by atoms with van der Waals surface area (Å²) in [6.07, 6.45) is 1.74. The van der Waals surface area contributed by atoms with Gasteiger partial charge in [0.15, 0.2) is 0 Å². The van der Waals surface area contributed by atoms with Crippen molar-refractivity contribution in [1.82, 2.24) is 5.32 Å². The summed E-state index contributed by atoms with van der Waals surface area (Å²) >= 11 is 5.98. The van der Waals surface area contributed by atoms with Gasteiger partial charge in [-0.15, -0.1) is 0 Å². The molecule has 1 unspecified atom stereocenters. The third-order valence-corrected chi connectivity index (χ3v) is 3.70. The summed E-state index contributed by atoms with van der Waals surface area (Å²) < 4.78 is 5.36. The maximum absolute atomic E-state index is 11.7. The van der Waals surface area contributed by atoms with Crippen LogP contribution in [0.1, 0.15) is 18.4 Å². The van der Waals surface area contributed by atoms with Gasteiger partial charge in [0.2, 0.25) is 0 Å². The molecular weight excluding hydrogens is 292 g/mol. The van der Waals surface area contributed by atoms with E-state index in [1.54, 1.807) is 12.1 Å². The number of aryl methyl sites for hydroxylation is 1. The van der Waals surface area contributed by atoms with Gasteiger partial charge in [-0.05, 0) is 43.4 Å². The zero-order valence-corrected chi connectivity index (χ0v) is 12.8. The van der Waals surface area contributed by atoms with Gasteiger partial charge in [-0.3, -0.25) is 0 Å². The molecule has 1 aromatic carbocycles. The minimum absolute atomic E-state index is 0.149. The van der Waals surface area contributed by atoms with E-state index in [0.717, 1.165) is 5.56 Å². The van der Waals surface area contributed by atoms with Gasteiger partial charge in [-0.1, -0.05) is 17.7 Å². The number of amides is 2. The summed E-state index contributed by atoms with van der Waals surface area (Å²) in [7, 11) is 0. The molecule has 5 nitrogen and oxygen atoms in total. The van der Waals surface area contributed by atoms with Gasteiger partial charge in [-0.2, -0.15) is 0 Å². The SMILES string of the molecule is Cc1ccc(NC(=O)NCC(O)COCC2CC2)cc1Cl. The van der Waals surface area contributed by atoms with Gasteiger partial charge in [0.05, 0.1) is 12.7 Å². The predicted octanol–water partition coefficient (Wildman–Crippen LogP) is 2.56. The Hall–Kier alpha value is -1.30. The highest BCUT2D eigenvalue weighted by atomic mass is 35.5. The van der Waals surface area contributed by atoms with Crippen LogP contribution in [-0.2, 0) is 4.74 Å². The number of benzene rings is 1. The molecule has 6 heteroatoms. The van der Waals surface area contributed by atoms with Gasteiger partial charge in [0.25, 0.3) is 0 Å². The van der Waals surface area contributed by atoms with E-state index in [2.05, 4.69) is 10.6 Å². The van der Waals surface area contributed by atoms with E-state index in [-0.39, 0.29) is 19.2 Å². The van der Waals surface area contributed by atoms with Crippen molar-refractivity contribution in [1.29, 1.82) is 0 Å². The van der Waals surface area contributed by atoms with Crippen LogP contribution in [0.3, 0.4) is 0 Å². The fourth-order valence-electron chi connectivity index (χ4n) is 1.77. The minimum atomic E-state index is -0.698. The first-order valence-corrected chi connectivity index (χ1v) is 7.49. The van der Waals surface area contributed by atoms with Crippen LogP contribution >= 0.6 is 11.6 Å². The van der Waals surface area contributed by atoms with Crippen molar-refractivity contribution in [2.24, 2.45) is 5.92 Å². The summed E-state index contributed by atoms with van der Waals surface area (Å²) in [5, 5.41) is 15.5. The molecule has 2 amide bonds. The van der Waals surface area contributed by atoms with E-state index in [9.17, 15) is 9.90 Å². The largest absolute Gasteiger partial charge is 0.389 e. The first-order chi connectivity index (χ1) is 10.0. The smallest absolute Gasteiger partial charge is 0.319 e. The predicted molar refractivity (Wildman–Crippen MR) is 82.8 cm³/mol. The lowest BCUT2D eigenvalue weighted by Gasteiger charge is -2.13. The molecule has 0 radical (unpaired) electrons. The zero-order valence-electron chi connectivity index (χ0n) is 12.1. The number of rotatable bonds is 7. The number of anilines is 1. The average molecular weight is 313 g/mol. The molecular formula is C15H21ClN2O3. The van der Waals surface area contributed by atoms with Gasteiger partial charge in [0.1, 0.15) is 0 Å². The number of urea groups is 1. The molecule has 2 rings (SSSR count). The number of nitrogens with one attached hydrogen (secondary N) is 2. The molecule has 0 saturated heterocycles. The molecule has 116 valence electrons. The summed E-state index contributed by atoms with van der Waals surface area (Å²) in [5.41, 5.74) is 1.56. The number of aliphatic hydroxyl groups excluding tert-OH is 1. The van der Waals surface area contributed by atoms with Crippen molar-refractivity contribution in [2.45, 2.75) is 25.9 Å². The lowest BCUT2D eigenvalue weighted by atomic mass is 10.2. The van der Waals surface area contributed by atoms with Crippen LogP contribution in [0.5, 0.6) is 0 Å². The second kappa shape index (κ2) is 7.64. The first-order valence-electron chi connectivity index (χ1n) is 7.11. The lowest BCUT2D eigenvalue weighted by Crippen LogP contribution is -2.37. The average Bonchev–Trinajstić information content (AvgIpc) is 3.25. The topological polar surface area (TPSA) is 70.6 Å². The van der Waals surface area contributed by atoms with Gasteiger partial charge < -0.3 is 20.5 Å². The highest BCUT2D eigenvalue weighted by Crippen LogP contribution is 2.28. The van der Waals surface area contributed by atoms with Crippen molar-refractivity contribution in [2.75, 3.05) is 25.1 Å². The Morgan fingerprint density at radius 2 is 2.29 bits per heavy atom. The Morgan fingerprint density at radius 3 is 2.95 bits per heavy atom. The van der Waals surface area contributed by atoms with E-state index >= 15 is 0 Å². The molecule has 0 spiro atoms. The van der Waals surface area contributed by atoms with E-state index in [1.165, 1.54) is 12.8 Å². The summed E-state index contributed by atoms with van der Waals surface area (Å²) in [6, 6.07) is 4.91. The molecule has 0 heterocycles. The highest BCUT2D eigenvalue weighted by Gasteiger charge is 2.21. The third-order valence-electron chi connectivity index (χ3n) is 3.29. The second-order valence-electron chi connectivity index (χ2n) is 5.43. The Balaban J connectivity index is 1.64. The van der Waals surface area contributed by atoms with E-state index < -0.39 is 6.10 Å². The van der Waals surface area contributed by atoms with E-state index in [1.807, 2.05) is 13.0 Å². The molecule has 3 N–H and O–H groups in total. The normalized spacial score (nSPS) is 15.6. The molecule has 1 atom stereocenters. The van der Waals surface area contributed by atoms with Crippen molar-refractivity contribution < 1.29 is 14.6 Å². The molecule has 0 aliphatic heterocycles. The molecule has 1 fully saturated rings. The summed E-state index contributed by atoms with van der Waals surface area (Å²) in [4.78, 5) is 11.7. The van der Waals surface area contributed by atoms with Crippen molar-refractivity contribution >= 4 is 23.3 Å². The van der Waals surface area contributed by atoms with Crippen molar-refractivity contribution in [3.63, 3.8) is 0 Å². The quantitative estimate of drug-likeness (QED) is 0.724. The van der Waals surface area contributed by atoms with Crippen LogP contribution in [0.25, 0.3) is 0 Å². The Morgan fingerprint density at radius 1 is 1.52 bits per heavy atom. The van der Waals surface area contributed by atoms with Gasteiger partial charge in [0, 0.05) is 23.9 Å². The fraction of sp³-hybridized carbons (Fsp3) is 0.533. The molecule has 1 aliphatic carbocycles. The summed E-state index contributed by atoms with van der Waals surface area (Å²) in [6.45, 7) is 2.98. The van der Waals surface area contributed by atoms with Crippen LogP contribution < -0.4 is 10.6 Å². The highest BCUT2D eigenvalue weighted by molar-refractivity contribution is 6.31. The minimum Gasteiger partial charge on any atom is -0.389 e. The lowest BCUT2D eigenvalue weighted by molar-refractivity contribution is 0.0339. The number of aliphatic hydroxyl groups is 1. The number of ether oxygens (including phenoxy) is 1. The van der Waals surface area contributed by atoms with Crippen molar-refractivity contribution in [3.8, 4) is 0 Å². The Labute approximate surface area is 129 Å². The maximum atomic E-state index is 11.7. The van der Waals surface area contributed by atoms with Crippen LogP contribution in [0, 0.1) is 12.8 Å². The molecule has 1 aromatic rings. The Kier molecular flexibility index (Phi) is 5.85. The van der Waals surface area contributed by atoms with Gasteiger partial charge >= 0.3 is 6.03 Å². The molecule has 0 aromatic heterocycles. The van der Waals surface area contributed by atoms with Crippen LogP contribution in [0.15, 0.2) is 18.2 Å². The van der Waals surface area contributed by atoms with E-state index in [0.29, 0.717) is 23.2 Å². The third kappa shape index (κ3) is 5.91. The van der Waals surface area contributed by atoms with Crippen LogP contribution in [0.2, 0.25) is 5.02 Å². The first kappa shape index (κ1) is 16.1. The van der Waals surface area contributed by atoms with Crippen molar-refractivity contribution in [3.05, 3.63) is 28.8 Å². The maximum Gasteiger partial charge on any atom is 0.319 e. The number of carbonyl (C=O) groups is 1. The second-order valence-corrected chi connectivity index (χ2v) is 5.84. The number of hydrogen-bond acceptors (Lipinski definition) is 3. The molecule has 1 saturated carbocycles. The van der Waals surface area contributed by atoms with Crippen LogP contribution in [0.4, 0.5) is 10.5 Å². The zero-order chi connectivity index (χ0) is 15.2. The number of halogens is 1. The summed E-state index contributed by atoms with van der Waals surface area (Å²) in [5.74, 6) is 0.666.